The van der Waals surface area contributed by atoms with Gasteiger partial charge < -0.3 is 10.2 Å². The van der Waals surface area contributed by atoms with Crippen molar-refractivity contribution in [2.24, 2.45) is 5.92 Å². The summed E-state index contributed by atoms with van der Waals surface area (Å²) in [6.45, 7) is 4.33. The second kappa shape index (κ2) is 6.51. The summed E-state index contributed by atoms with van der Waals surface area (Å²) in [4.78, 5) is 11.4. The number of aliphatic hydroxyl groups is 1. The molecule has 132 valence electrons. The van der Waals surface area contributed by atoms with E-state index in [-0.39, 0.29) is 5.41 Å². The van der Waals surface area contributed by atoms with Crippen molar-refractivity contribution >= 4 is 5.97 Å². The Kier molecular flexibility index (Phi) is 4.74. The molecule has 0 radical (unpaired) electrons. The van der Waals surface area contributed by atoms with E-state index < -0.39 is 11.6 Å². The highest BCUT2D eigenvalue weighted by molar-refractivity contribution is 5.88. The zero-order valence-corrected chi connectivity index (χ0v) is 15.0. The Balaban J connectivity index is 2.07. The van der Waals surface area contributed by atoms with Crippen molar-refractivity contribution in [2.45, 2.75) is 82.7 Å². The Morgan fingerprint density at radius 3 is 2.75 bits per heavy atom. The first kappa shape index (κ1) is 17.5. The number of carboxylic acid groups (broad SMARTS) is 1. The molecular formula is C21H30O3. The third kappa shape index (κ3) is 2.88. The van der Waals surface area contributed by atoms with E-state index in [2.05, 4.69) is 19.9 Å². The van der Waals surface area contributed by atoms with Crippen LogP contribution in [0.3, 0.4) is 0 Å². The highest BCUT2D eigenvalue weighted by atomic mass is 16.4. The maximum atomic E-state index is 11.4. The molecule has 0 amide bonds. The lowest BCUT2D eigenvalue weighted by molar-refractivity contribution is -0.0517. The molecule has 0 unspecified atom stereocenters. The number of aryl methyl sites for hydroxylation is 1. The van der Waals surface area contributed by atoms with Crippen LogP contribution in [0.25, 0.3) is 0 Å². The van der Waals surface area contributed by atoms with Gasteiger partial charge in [-0.2, -0.15) is 0 Å². The van der Waals surface area contributed by atoms with Gasteiger partial charge in [0.05, 0.1) is 11.2 Å². The molecule has 24 heavy (non-hydrogen) atoms. The Morgan fingerprint density at radius 2 is 2.08 bits per heavy atom. The smallest absolute Gasteiger partial charge is 0.335 e. The molecule has 3 rings (SSSR count). The molecule has 1 aromatic carbocycles. The summed E-state index contributed by atoms with van der Waals surface area (Å²) < 4.78 is 0. The normalized spacial score (nSPS) is 32.5. The number of carbonyl (C=O) groups is 1. The van der Waals surface area contributed by atoms with Gasteiger partial charge in [-0.1, -0.05) is 26.3 Å². The number of carboxylic acids is 1. The Hall–Kier alpha value is -1.35. The van der Waals surface area contributed by atoms with Crippen LogP contribution in [0.15, 0.2) is 18.2 Å². The van der Waals surface area contributed by atoms with E-state index in [9.17, 15) is 15.0 Å². The van der Waals surface area contributed by atoms with Crippen LogP contribution in [0.4, 0.5) is 0 Å². The van der Waals surface area contributed by atoms with E-state index in [1.54, 1.807) is 6.07 Å². The predicted molar refractivity (Wildman–Crippen MR) is 95.5 cm³/mol. The van der Waals surface area contributed by atoms with Crippen molar-refractivity contribution in [3.63, 3.8) is 0 Å². The molecule has 0 aromatic heterocycles. The number of hydrogen-bond acceptors (Lipinski definition) is 2. The molecule has 3 atom stereocenters. The van der Waals surface area contributed by atoms with Gasteiger partial charge in [0, 0.05) is 0 Å². The second-order valence-corrected chi connectivity index (χ2v) is 7.95. The molecule has 1 saturated carbocycles. The molecule has 2 aliphatic rings. The van der Waals surface area contributed by atoms with Crippen LogP contribution in [-0.2, 0) is 11.8 Å². The predicted octanol–water partition coefficient (Wildman–Crippen LogP) is 4.70. The Morgan fingerprint density at radius 1 is 1.29 bits per heavy atom. The SMILES string of the molecule is CCC[C@]12CC[C@@](O)(CC)C[C@H]1CCCc1cc(C(=O)O)ccc12. The van der Waals surface area contributed by atoms with E-state index in [0.29, 0.717) is 11.5 Å². The standard InChI is InChI=1S/C21H30O3/c1-3-10-21-12-11-20(24,4-2)14-17(21)7-5-6-15-13-16(19(22)23)8-9-18(15)21/h8-9,13,17,24H,3-7,10-12,14H2,1-2H3,(H,22,23)/t17-,20+,21+/m1/s1. The van der Waals surface area contributed by atoms with Crippen LogP contribution in [0.1, 0.15) is 86.7 Å². The van der Waals surface area contributed by atoms with Gasteiger partial charge in [0.1, 0.15) is 0 Å². The van der Waals surface area contributed by atoms with Crippen LogP contribution in [0.2, 0.25) is 0 Å². The molecule has 2 aliphatic carbocycles. The lowest BCUT2D eigenvalue weighted by Crippen LogP contribution is -2.47. The monoisotopic (exact) mass is 330 g/mol. The molecule has 0 heterocycles. The summed E-state index contributed by atoms with van der Waals surface area (Å²) >= 11 is 0. The first-order valence-corrected chi connectivity index (χ1v) is 9.53. The molecular weight excluding hydrogens is 300 g/mol. The summed E-state index contributed by atoms with van der Waals surface area (Å²) in [5.74, 6) is -0.333. The van der Waals surface area contributed by atoms with Gasteiger partial charge in [0.25, 0.3) is 0 Å². The van der Waals surface area contributed by atoms with Crippen LogP contribution in [0.5, 0.6) is 0 Å². The summed E-state index contributed by atoms with van der Waals surface area (Å²) in [6.07, 6.45) is 9.06. The average molecular weight is 330 g/mol. The minimum Gasteiger partial charge on any atom is -0.478 e. The first-order chi connectivity index (χ1) is 11.4. The van der Waals surface area contributed by atoms with Crippen molar-refractivity contribution in [3.8, 4) is 0 Å². The minimum absolute atomic E-state index is 0.124. The number of hydrogen-bond donors (Lipinski definition) is 2. The van der Waals surface area contributed by atoms with Gasteiger partial charge >= 0.3 is 5.97 Å². The maximum absolute atomic E-state index is 11.4. The maximum Gasteiger partial charge on any atom is 0.335 e. The van der Waals surface area contributed by atoms with Crippen LogP contribution in [-0.4, -0.2) is 21.8 Å². The molecule has 3 heteroatoms. The van der Waals surface area contributed by atoms with E-state index >= 15 is 0 Å². The molecule has 1 aromatic rings. The molecule has 1 fully saturated rings. The summed E-state index contributed by atoms with van der Waals surface area (Å²) in [5, 5.41) is 20.2. The van der Waals surface area contributed by atoms with Crippen LogP contribution in [0, 0.1) is 5.92 Å². The van der Waals surface area contributed by atoms with Crippen molar-refractivity contribution < 1.29 is 15.0 Å². The van der Waals surface area contributed by atoms with Gasteiger partial charge in [0.15, 0.2) is 0 Å². The lowest BCUT2D eigenvalue weighted by atomic mass is 9.56. The van der Waals surface area contributed by atoms with Gasteiger partial charge in [-0.3, -0.25) is 0 Å². The number of benzene rings is 1. The summed E-state index contributed by atoms with van der Waals surface area (Å²) in [6, 6.07) is 5.77. The van der Waals surface area contributed by atoms with Crippen LogP contribution < -0.4 is 0 Å². The van der Waals surface area contributed by atoms with Gasteiger partial charge in [-0.05, 0) is 86.0 Å². The summed E-state index contributed by atoms with van der Waals surface area (Å²) in [5.41, 5.74) is 2.62. The van der Waals surface area contributed by atoms with Crippen molar-refractivity contribution in [1.82, 2.24) is 0 Å². The second-order valence-electron chi connectivity index (χ2n) is 7.95. The van der Waals surface area contributed by atoms with E-state index in [1.165, 1.54) is 11.1 Å². The summed E-state index contributed by atoms with van der Waals surface area (Å²) in [7, 11) is 0. The largest absolute Gasteiger partial charge is 0.478 e. The molecule has 2 N–H and O–H groups in total. The molecule has 0 saturated heterocycles. The minimum atomic E-state index is -0.841. The van der Waals surface area contributed by atoms with Gasteiger partial charge in [0.2, 0.25) is 0 Å². The van der Waals surface area contributed by atoms with E-state index in [4.69, 9.17) is 0 Å². The molecule has 0 spiro atoms. The third-order valence-corrected chi connectivity index (χ3v) is 6.69. The zero-order chi connectivity index (χ0) is 17.4. The number of rotatable bonds is 4. The van der Waals surface area contributed by atoms with Crippen LogP contribution >= 0.6 is 0 Å². The fourth-order valence-corrected chi connectivity index (χ4v) is 5.34. The fraction of sp³-hybridized carbons (Fsp3) is 0.667. The van der Waals surface area contributed by atoms with Crippen molar-refractivity contribution in [3.05, 3.63) is 34.9 Å². The average Bonchev–Trinajstić information content (AvgIpc) is 2.72. The zero-order valence-electron chi connectivity index (χ0n) is 15.0. The molecule has 3 nitrogen and oxygen atoms in total. The molecule has 0 aliphatic heterocycles. The Bertz CT molecular complexity index is 624. The fourth-order valence-electron chi connectivity index (χ4n) is 5.34. The van der Waals surface area contributed by atoms with Crippen molar-refractivity contribution in [1.29, 1.82) is 0 Å². The number of aromatic carboxylic acids is 1. The van der Waals surface area contributed by atoms with E-state index in [1.807, 2.05) is 6.07 Å². The highest BCUT2D eigenvalue weighted by Gasteiger charge is 2.49. The quantitative estimate of drug-likeness (QED) is 0.841. The third-order valence-electron chi connectivity index (χ3n) is 6.69. The van der Waals surface area contributed by atoms with E-state index in [0.717, 1.165) is 57.8 Å². The molecule has 0 bridgehead atoms. The lowest BCUT2D eigenvalue weighted by Gasteiger charge is -2.50. The van der Waals surface area contributed by atoms with Crippen molar-refractivity contribution in [2.75, 3.05) is 0 Å². The highest BCUT2D eigenvalue weighted by Crippen LogP contribution is 2.54. The first-order valence-electron chi connectivity index (χ1n) is 9.53. The van der Waals surface area contributed by atoms with Gasteiger partial charge in [-0.25, -0.2) is 4.79 Å². The van der Waals surface area contributed by atoms with Gasteiger partial charge in [-0.15, -0.1) is 0 Å². The Labute approximate surface area is 145 Å². The topological polar surface area (TPSA) is 57.5 Å². The number of fused-ring (bicyclic) bond motifs is 3.